The predicted octanol–water partition coefficient (Wildman–Crippen LogP) is 2.90. The van der Waals surface area contributed by atoms with E-state index in [1.807, 2.05) is 32.0 Å². The number of amides is 2. The number of benzene rings is 2. The molecule has 0 aromatic heterocycles. The Kier molecular flexibility index (Phi) is 5.71. The molecule has 1 aliphatic rings. The second-order valence-corrected chi connectivity index (χ2v) is 6.25. The second-order valence-electron chi connectivity index (χ2n) is 6.25. The van der Waals surface area contributed by atoms with E-state index in [1.54, 1.807) is 18.2 Å². The molecule has 7 nitrogen and oxygen atoms in total. The third kappa shape index (κ3) is 5.07. The number of rotatable bonds is 6. The molecule has 27 heavy (non-hydrogen) atoms. The maximum Gasteiger partial charge on any atom is 0.240 e. The van der Waals surface area contributed by atoms with Gasteiger partial charge in [-0.25, -0.2) is 5.43 Å². The van der Waals surface area contributed by atoms with E-state index in [0.717, 1.165) is 22.4 Å². The number of anilines is 1. The van der Waals surface area contributed by atoms with Crippen molar-refractivity contribution in [2.45, 2.75) is 26.7 Å². The summed E-state index contributed by atoms with van der Waals surface area (Å²) in [5, 5.41) is 6.69. The van der Waals surface area contributed by atoms with Crippen LogP contribution in [-0.4, -0.2) is 24.8 Å². The van der Waals surface area contributed by atoms with Crippen LogP contribution in [0.1, 0.15) is 29.5 Å². The predicted molar refractivity (Wildman–Crippen MR) is 102 cm³/mol. The van der Waals surface area contributed by atoms with Crippen LogP contribution in [0.5, 0.6) is 11.5 Å². The van der Waals surface area contributed by atoms with Crippen LogP contribution >= 0.6 is 0 Å². The number of carbonyl (C=O) groups is 2. The zero-order valence-electron chi connectivity index (χ0n) is 15.2. The number of hydrogen-bond acceptors (Lipinski definition) is 5. The van der Waals surface area contributed by atoms with Crippen molar-refractivity contribution in [3.8, 4) is 11.5 Å². The molecule has 0 aliphatic carbocycles. The Bertz CT molecular complexity index is 893. The fourth-order valence-corrected chi connectivity index (χ4v) is 2.50. The SMILES string of the molecule is Cc1ccc(NC(=O)CCC(=O)N/N=C/c2ccc3c(c2)OCO3)cc1C. The lowest BCUT2D eigenvalue weighted by Crippen LogP contribution is -2.20. The fourth-order valence-electron chi connectivity index (χ4n) is 2.50. The van der Waals surface area contributed by atoms with Crippen LogP contribution in [0.25, 0.3) is 0 Å². The third-order valence-electron chi connectivity index (χ3n) is 4.17. The molecule has 1 aliphatic heterocycles. The Morgan fingerprint density at radius 1 is 1.00 bits per heavy atom. The van der Waals surface area contributed by atoms with Gasteiger partial charge < -0.3 is 14.8 Å². The number of carbonyl (C=O) groups excluding carboxylic acids is 2. The quantitative estimate of drug-likeness (QED) is 0.607. The van der Waals surface area contributed by atoms with Crippen LogP contribution in [0, 0.1) is 13.8 Å². The molecule has 0 atom stereocenters. The summed E-state index contributed by atoms with van der Waals surface area (Å²) in [5.41, 5.74) is 6.17. The molecule has 2 aromatic rings. The number of aryl methyl sites for hydroxylation is 2. The topological polar surface area (TPSA) is 89.0 Å². The van der Waals surface area contributed by atoms with Gasteiger partial charge in [-0.2, -0.15) is 5.10 Å². The lowest BCUT2D eigenvalue weighted by Gasteiger charge is -2.07. The average Bonchev–Trinajstić information content (AvgIpc) is 3.11. The van der Waals surface area contributed by atoms with E-state index >= 15 is 0 Å². The Morgan fingerprint density at radius 3 is 2.59 bits per heavy atom. The van der Waals surface area contributed by atoms with Gasteiger partial charge in [0.15, 0.2) is 11.5 Å². The molecule has 2 amide bonds. The van der Waals surface area contributed by atoms with Gasteiger partial charge in [-0.1, -0.05) is 6.07 Å². The first-order valence-corrected chi connectivity index (χ1v) is 8.60. The summed E-state index contributed by atoms with van der Waals surface area (Å²) in [4.78, 5) is 23.8. The van der Waals surface area contributed by atoms with Crippen molar-refractivity contribution < 1.29 is 19.1 Å². The third-order valence-corrected chi connectivity index (χ3v) is 4.17. The van der Waals surface area contributed by atoms with Crippen molar-refractivity contribution in [3.05, 3.63) is 53.1 Å². The lowest BCUT2D eigenvalue weighted by molar-refractivity contribution is -0.124. The highest BCUT2D eigenvalue weighted by molar-refractivity contribution is 5.93. The van der Waals surface area contributed by atoms with Crippen LogP contribution in [0.3, 0.4) is 0 Å². The molecule has 0 spiro atoms. The zero-order valence-corrected chi connectivity index (χ0v) is 15.2. The normalized spacial score (nSPS) is 12.2. The summed E-state index contributed by atoms with van der Waals surface area (Å²) in [6, 6.07) is 11.1. The molecular weight excluding hydrogens is 346 g/mol. The molecular formula is C20H21N3O4. The van der Waals surface area contributed by atoms with Crippen LogP contribution in [0.15, 0.2) is 41.5 Å². The summed E-state index contributed by atoms with van der Waals surface area (Å²) in [5.74, 6) is 0.787. The maximum atomic E-state index is 12.0. The minimum absolute atomic E-state index is 0.0507. The molecule has 0 fully saturated rings. The second kappa shape index (κ2) is 8.35. The van der Waals surface area contributed by atoms with Gasteiger partial charge in [-0.05, 0) is 60.9 Å². The maximum absolute atomic E-state index is 12.0. The van der Waals surface area contributed by atoms with Gasteiger partial charge in [0.25, 0.3) is 0 Å². The first kappa shape index (κ1) is 18.4. The van der Waals surface area contributed by atoms with Gasteiger partial charge in [0.05, 0.1) is 6.21 Å². The van der Waals surface area contributed by atoms with Gasteiger partial charge in [-0.15, -0.1) is 0 Å². The van der Waals surface area contributed by atoms with E-state index in [4.69, 9.17) is 9.47 Å². The lowest BCUT2D eigenvalue weighted by atomic mass is 10.1. The first-order valence-electron chi connectivity index (χ1n) is 8.60. The van der Waals surface area contributed by atoms with Crippen molar-refractivity contribution in [1.29, 1.82) is 0 Å². The Balaban J connectivity index is 1.42. The Morgan fingerprint density at radius 2 is 1.78 bits per heavy atom. The van der Waals surface area contributed by atoms with Crippen molar-refractivity contribution in [2.24, 2.45) is 5.10 Å². The van der Waals surface area contributed by atoms with E-state index in [9.17, 15) is 9.59 Å². The van der Waals surface area contributed by atoms with E-state index < -0.39 is 0 Å². The van der Waals surface area contributed by atoms with Crippen molar-refractivity contribution in [3.63, 3.8) is 0 Å². The summed E-state index contributed by atoms with van der Waals surface area (Å²) in [6.07, 6.45) is 1.64. The number of hydrazone groups is 1. The number of hydrogen-bond donors (Lipinski definition) is 2. The molecule has 140 valence electrons. The van der Waals surface area contributed by atoms with Gasteiger partial charge in [0.1, 0.15) is 0 Å². The first-order chi connectivity index (χ1) is 13.0. The van der Waals surface area contributed by atoms with Crippen molar-refractivity contribution in [1.82, 2.24) is 5.43 Å². The van der Waals surface area contributed by atoms with Gasteiger partial charge in [0.2, 0.25) is 18.6 Å². The monoisotopic (exact) mass is 367 g/mol. The molecule has 0 saturated carbocycles. The van der Waals surface area contributed by atoms with Crippen LogP contribution in [0.2, 0.25) is 0 Å². The van der Waals surface area contributed by atoms with Gasteiger partial charge in [0, 0.05) is 18.5 Å². The van der Waals surface area contributed by atoms with E-state index in [1.165, 1.54) is 6.21 Å². The summed E-state index contributed by atoms with van der Waals surface area (Å²) in [6.45, 7) is 4.20. The van der Waals surface area contributed by atoms with Gasteiger partial charge >= 0.3 is 0 Å². The highest BCUT2D eigenvalue weighted by Crippen LogP contribution is 2.31. The molecule has 1 heterocycles. The smallest absolute Gasteiger partial charge is 0.240 e. The molecule has 7 heteroatoms. The fraction of sp³-hybridized carbons (Fsp3) is 0.250. The Labute approximate surface area is 157 Å². The van der Waals surface area contributed by atoms with Crippen molar-refractivity contribution >= 4 is 23.7 Å². The van der Waals surface area contributed by atoms with Crippen LogP contribution < -0.4 is 20.2 Å². The molecule has 0 saturated heterocycles. The summed E-state index contributed by atoms with van der Waals surface area (Å²) >= 11 is 0. The number of ether oxygens (including phenoxy) is 2. The van der Waals surface area contributed by atoms with Crippen LogP contribution in [-0.2, 0) is 9.59 Å². The Hall–Kier alpha value is -3.35. The average molecular weight is 367 g/mol. The molecule has 0 unspecified atom stereocenters. The summed E-state index contributed by atoms with van der Waals surface area (Å²) in [7, 11) is 0. The van der Waals surface area contributed by atoms with E-state index in [-0.39, 0.29) is 31.4 Å². The molecule has 2 N–H and O–H groups in total. The zero-order chi connectivity index (χ0) is 19.2. The van der Waals surface area contributed by atoms with E-state index in [0.29, 0.717) is 11.5 Å². The minimum atomic E-state index is -0.331. The number of nitrogens with zero attached hydrogens (tertiary/aromatic N) is 1. The largest absolute Gasteiger partial charge is 0.454 e. The van der Waals surface area contributed by atoms with Crippen LogP contribution in [0.4, 0.5) is 5.69 Å². The van der Waals surface area contributed by atoms with Crippen molar-refractivity contribution in [2.75, 3.05) is 12.1 Å². The molecule has 0 radical (unpaired) electrons. The number of nitrogens with one attached hydrogen (secondary N) is 2. The molecule has 0 bridgehead atoms. The molecule has 2 aromatic carbocycles. The highest BCUT2D eigenvalue weighted by Gasteiger charge is 2.12. The minimum Gasteiger partial charge on any atom is -0.454 e. The number of fused-ring (bicyclic) bond motifs is 1. The standard InChI is InChI=1S/C20H21N3O4/c1-13-3-5-16(9-14(13)2)22-19(24)7-8-20(25)23-21-11-15-4-6-17-18(10-15)27-12-26-17/h3-6,9-11H,7-8,12H2,1-2H3,(H,22,24)(H,23,25)/b21-11+. The van der Waals surface area contributed by atoms with E-state index in [2.05, 4.69) is 15.8 Å². The van der Waals surface area contributed by atoms with Gasteiger partial charge in [-0.3, -0.25) is 9.59 Å². The summed E-state index contributed by atoms with van der Waals surface area (Å²) < 4.78 is 10.5. The highest BCUT2D eigenvalue weighted by atomic mass is 16.7. The molecule has 3 rings (SSSR count).